The number of thioether (sulfide) groups is 1. The molecule has 2 aromatic rings. The van der Waals surface area contributed by atoms with Crippen molar-refractivity contribution in [3.63, 3.8) is 0 Å². The molecule has 2 aliphatic rings. The molecule has 0 spiro atoms. The highest BCUT2D eigenvalue weighted by molar-refractivity contribution is 7.98. The molecule has 4 rings (SSSR count). The smallest absolute Gasteiger partial charge is 0.0284 e. The summed E-state index contributed by atoms with van der Waals surface area (Å²) in [5.74, 6) is 0. The summed E-state index contributed by atoms with van der Waals surface area (Å²) in [6.07, 6.45) is 8.53. The van der Waals surface area contributed by atoms with Crippen molar-refractivity contribution >= 4 is 28.1 Å². The minimum absolute atomic E-state index is 0.660. The van der Waals surface area contributed by atoms with E-state index in [9.17, 15) is 0 Å². The molecule has 2 heteroatoms. The van der Waals surface area contributed by atoms with E-state index in [-0.39, 0.29) is 0 Å². The van der Waals surface area contributed by atoms with Crippen LogP contribution in [-0.2, 0) is 0 Å². The van der Waals surface area contributed by atoms with Crippen LogP contribution in [0, 0.1) is 0 Å². The van der Waals surface area contributed by atoms with Crippen molar-refractivity contribution in [2.24, 2.45) is 0 Å². The summed E-state index contributed by atoms with van der Waals surface area (Å²) >= 11 is 1.81. The first-order valence-corrected chi connectivity index (χ1v) is 8.98. The lowest BCUT2D eigenvalue weighted by Crippen LogP contribution is -2.34. The molecule has 21 heavy (non-hydrogen) atoms. The zero-order chi connectivity index (χ0) is 14.4. The number of likely N-dealkylation sites (N-methyl/N-ethyl adjacent to an activating group) is 1. The Labute approximate surface area is 131 Å². The summed E-state index contributed by atoms with van der Waals surface area (Å²) in [7, 11) is 2.28. The molecule has 2 unspecified atom stereocenters. The van der Waals surface area contributed by atoms with Crippen molar-refractivity contribution in [1.82, 2.24) is 4.90 Å². The van der Waals surface area contributed by atoms with Crippen molar-refractivity contribution in [2.45, 2.75) is 36.2 Å². The maximum Gasteiger partial charge on any atom is 0.0284 e. The monoisotopic (exact) mass is 295 g/mol. The first kappa shape index (κ1) is 13.4. The molecule has 0 amide bonds. The summed E-state index contributed by atoms with van der Waals surface area (Å²) in [6, 6.07) is 15.2. The lowest BCUT2D eigenvalue weighted by molar-refractivity contribution is 0.264. The molecule has 2 atom stereocenters. The van der Waals surface area contributed by atoms with E-state index < -0.39 is 0 Å². The second kappa shape index (κ2) is 5.19. The summed E-state index contributed by atoms with van der Waals surface area (Å²) < 4.78 is 0. The third kappa shape index (κ3) is 2.31. The zero-order valence-electron chi connectivity index (χ0n) is 12.7. The van der Waals surface area contributed by atoms with E-state index in [2.05, 4.69) is 60.7 Å². The predicted molar refractivity (Wildman–Crippen MR) is 92.9 cm³/mol. The molecular formula is C19H21NS. The van der Waals surface area contributed by atoms with Crippen LogP contribution in [0.1, 0.15) is 24.8 Å². The van der Waals surface area contributed by atoms with Crippen LogP contribution in [0.3, 0.4) is 0 Å². The van der Waals surface area contributed by atoms with E-state index in [0.717, 1.165) is 6.04 Å². The minimum Gasteiger partial charge on any atom is -0.297 e. The van der Waals surface area contributed by atoms with Gasteiger partial charge in [-0.05, 0) is 72.7 Å². The molecule has 0 N–H and O–H groups in total. The summed E-state index contributed by atoms with van der Waals surface area (Å²) in [4.78, 5) is 3.89. The molecule has 0 radical (unpaired) electrons. The van der Waals surface area contributed by atoms with Gasteiger partial charge in [0.2, 0.25) is 0 Å². The van der Waals surface area contributed by atoms with Gasteiger partial charge in [-0.25, -0.2) is 0 Å². The molecule has 0 aromatic heterocycles. The Morgan fingerprint density at radius 2 is 1.86 bits per heavy atom. The van der Waals surface area contributed by atoms with E-state index >= 15 is 0 Å². The maximum atomic E-state index is 2.55. The van der Waals surface area contributed by atoms with Gasteiger partial charge in [0.15, 0.2) is 0 Å². The van der Waals surface area contributed by atoms with E-state index in [4.69, 9.17) is 0 Å². The van der Waals surface area contributed by atoms with Gasteiger partial charge in [0.1, 0.15) is 0 Å². The molecular weight excluding hydrogens is 274 g/mol. The quantitative estimate of drug-likeness (QED) is 0.731. The van der Waals surface area contributed by atoms with Gasteiger partial charge in [0.25, 0.3) is 0 Å². The number of nitrogens with zero attached hydrogens (tertiary/aromatic N) is 1. The van der Waals surface area contributed by atoms with Gasteiger partial charge >= 0.3 is 0 Å². The lowest BCUT2D eigenvalue weighted by atomic mass is 9.93. The first-order valence-electron chi connectivity index (χ1n) is 7.75. The SMILES string of the molecule is CSc1ccc2cc(C3=CC4CCC(C3)N4C)ccc2c1. The van der Waals surface area contributed by atoms with Crippen LogP contribution in [-0.4, -0.2) is 30.3 Å². The molecule has 0 aliphatic carbocycles. The minimum atomic E-state index is 0.660. The Morgan fingerprint density at radius 3 is 2.67 bits per heavy atom. The lowest BCUT2D eigenvalue weighted by Gasteiger charge is -2.30. The van der Waals surface area contributed by atoms with Gasteiger partial charge in [0, 0.05) is 17.0 Å². The predicted octanol–water partition coefficient (Wildman–Crippen LogP) is 4.81. The molecule has 1 saturated heterocycles. The fraction of sp³-hybridized carbons (Fsp3) is 0.368. The van der Waals surface area contributed by atoms with E-state index in [1.807, 2.05) is 11.8 Å². The van der Waals surface area contributed by atoms with Crippen LogP contribution in [0.5, 0.6) is 0 Å². The van der Waals surface area contributed by atoms with Gasteiger partial charge in [-0.3, -0.25) is 4.90 Å². The van der Waals surface area contributed by atoms with Gasteiger partial charge in [-0.2, -0.15) is 0 Å². The summed E-state index contributed by atoms with van der Waals surface area (Å²) in [5, 5.41) is 2.71. The average Bonchev–Trinajstić information content (AvgIpc) is 2.75. The van der Waals surface area contributed by atoms with Crippen LogP contribution in [0.2, 0.25) is 0 Å². The molecule has 108 valence electrons. The number of hydrogen-bond donors (Lipinski definition) is 0. The Morgan fingerprint density at radius 1 is 1.05 bits per heavy atom. The average molecular weight is 295 g/mol. The fourth-order valence-corrected chi connectivity index (χ4v) is 4.26. The van der Waals surface area contributed by atoms with Crippen LogP contribution >= 0.6 is 11.8 Å². The number of fused-ring (bicyclic) bond motifs is 3. The van der Waals surface area contributed by atoms with E-state index in [1.165, 1.54) is 40.5 Å². The number of benzene rings is 2. The highest BCUT2D eigenvalue weighted by Crippen LogP contribution is 2.38. The highest BCUT2D eigenvalue weighted by atomic mass is 32.2. The largest absolute Gasteiger partial charge is 0.297 e. The normalized spacial score (nSPS) is 25.3. The van der Waals surface area contributed by atoms with E-state index in [0.29, 0.717) is 6.04 Å². The topological polar surface area (TPSA) is 3.24 Å². The Balaban J connectivity index is 1.73. The van der Waals surface area contributed by atoms with Gasteiger partial charge in [-0.15, -0.1) is 11.8 Å². The standard InChI is InChI=1S/C19H21NS/c1-20-17-6-7-18(20)11-16(10-17)14-3-4-15-12-19(21-2)8-5-13(15)9-14/h3-5,8-10,12,17-18H,6-7,11H2,1-2H3. The Bertz CT molecular complexity index is 719. The fourth-order valence-electron chi connectivity index (χ4n) is 3.81. The van der Waals surface area contributed by atoms with Crippen molar-refractivity contribution in [1.29, 1.82) is 0 Å². The second-order valence-electron chi connectivity index (χ2n) is 6.29. The third-order valence-electron chi connectivity index (χ3n) is 5.16. The van der Waals surface area contributed by atoms with Crippen LogP contribution in [0.15, 0.2) is 47.4 Å². The van der Waals surface area contributed by atoms with Gasteiger partial charge in [-0.1, -0.05) is 24.3 Å². The highest BCUT2D eigenvalue weighted by Gasteiger charge is 2.33. The van der Waals surface area contributed by atoms with Crippen molar-refractivity contribution in [2.75, 3.05) is 13.3 Å². The Hall–Kier alpha value is -1.25. The Kier molecular flexibility index (Phi) is 3.31. The molecule has 1 nitrogen and oxygen atoms in total. The van der Waals surface area contributed by atoms with Crippen LogP contribution in [0.25, 0.3) is 16.3 Å². The molecule has 1 fully saturated rings. The van der Waals surface area contributed by atoms with Crippen molar-refractivity contribution < 1.29 is 0 Å². The molecule has 2 bridgehead atoms. The van der Waals surface area contributed by atoms with Crippen LogP contribution in [0.4, 0.5) is 0 Å². The zero-order valence-corrected chi connectivity index (χ0v) is 13.5. The maximum absolute atomic E-state index is 2.55. The van der Waals surface area contributed by atoms with Crippen LogP contribution < -0.4 is 0 Å². The summed E-state index contributed by atoms with van der Waals surface area (Å²) in [5.41, 5.74) is 2.97. The number of rotatable bonds is 2. The molecule has 2 heterocycles. The molecule has 2 aromatic carbocycles. The third-order valence-corrected chi connectivity index (χ3v) is 5.89. The van der Waals surface area contributed by atoms with Gasteiger partial charge in [0.05, 0.1) is 0 Å². The molecule has 0 saturated carbocycles. The van der Waals surface area contributed by atoms with Crippen molar-refractivity contribution in [3.05, 3.63) is 48.0 Å². The van der Waals surface area contributed by atoms with E-state index in [1.54, 1.807) is 5.57 Å². The number of hydrogen-bond acceptors (Lipinski definition) is 2. The van der Waals surface area contributed by atoms with Crippen molar-refractivity contribution in [3.8, 4) is 0 Å². The van der Waals surface area contributed by atoms with Gasteiger partial charge < -0.3 is 0 Å². The summed E-state index contributed by atoms with van der Waals surface area (Å²) in [6.45, 7) is 0. The molecule has 2 aliphatic heterocycles. The first-order chi connectivity index (χ1) is 10.2. The second-order valence-corrected chi connectivity index (χ2v) is 7.17.